The second kappa shape index (κ2) is 8.58. The highest BCUT2D eigenvalue weighted by atomic mass is 35.5. The molecule has 0 saturated carbocycles. The second-order valence-corrected chi connectivity index (χ2v) is 6.02. The number of nitrogens with one attached hydrogen (secondary N) is 1. The molecule has 0 heterocycles. The predicted octanol–water partition coefficient (Wildman–Crippen LogP) is 5.02. The molecule has 5 heteroatoms. The Kier molecular flexibility index (Phi) is 6.48. The van der Waals surface area contributed by atoms with Crippen molar-refractivity contribution in [1.29, 1.82) is 0 Å². The van der Waals surface area contributed by atoms with Crippen molar-refractivity contribution in [3.05, 3.63) is 58.1 Å². The molecule has 0 saturated heterocycles. The number of halogens is 1. The Bertz CT molecular complexity index is 800. The monoisotopic (exact) mass is 359 g/mol. The average Bonchev–Trinajstić information content (AvgIpc) is 2.56. The lowest BCUT2D eigenvalue weighted by Gasteiger charge is -2.11. The fourth-order valence-electron chi connectivity index (χ4n) is 2.36. The van der Waals surface area contributed by atoms with E-state index in [-0.39, 0.29) is 5.91 Å². The first-order valence-corrected chi connectivity index (χ1v) is 8.39. The Morgan fingerprint density at radius 3 is 2.68 bits per heavy atom. The molecule has 0 aromatic heterocycles. The summed E-state index contributed by atoms with van der Waals surface area (Å²) in [6.07, 6.45) is 3.16. The van der Waals surface area contributed by atoms with Crippen LogP contribution in [0.1, 0.15) is 23.6 Å². The van der Waals surface area contributed by atoms with E-state index >= 15 is 0 Å². The van der Waals surface area contributed by atoms with Crippen molar-refractivity contribution in [3.8, 4) is 11.5 Å². The fourth-order valence-corrected chi connectivity index (χ4v) is 2.66. The van der Waals surface area contributed by atoms with Gasteiger partial charge >= 0.3 is 0 Å². The Balaban J connectivity index is 2.18. The third-order valence-electron chi connectivity index (χ3n) is 3.61. The van der Waals surface area contributed by atoms with Crippen LogP contribution in [0.25, 0.3) is 6.08 Å². The summed E-state index contributed by atoms with van der Waals surface area (Å²) in [5.74, 6) is 0.825. The molecule has 0 aliphatic rings. The molecule has 132 valence electrons. The van der Waals surface area contributed by atoms with Crippen LogP contribution in [0.15, 0.2) is 36.4 Å². The number of ether oxygens (including phenoxy) is 2. The number of methoxy groups -OCH3 is 1. The molecule has 0 aliphatic heterocycles. The molecule has 1 amide bonds. The Morgan fingerprint density at radius 2 is 2.00 bits per heavy atom. The zero-order valence-electron chi connectivity index (χ0n) is 14.9. The zero-order valence-corrected chi connectivity index (χ0v) is 15.6. The molecule has 0 bridgehead atoms. The number of carbonyl (C=O) groups excluding carboxylic acids is 1. The molecular weight excluding hydrogens is 338 g/mol. The molecule has 0 atom stereocenters. The first kappa shape index (κ1) is 18.9. The van der Waals surface area contributed by atoms with Crippen molar-refractivity contribution < 1.29 is 14.3 Å². The van der Waals surface area contributed by atoms with E-state index in [0.717, 1.165) is 22.4 Å². The molecule has 2 rings (SSSR count). The Hall–Kier alpha value is -2.46. The molecule has 2 aromatic rings. The van der Waals surface area contributed by atoms with E-state index in [1.807, 2.05) is 39.0 Å². The fraction of sp³-hybridized carbons (Fsp3) is 0.250. The summed E-state index contributed by atoms with van der Waals surface area (Å²) in [5.41, 5.74) is 3.66. The number of hydrogen-bond acceptors (Lipinski definition) is 3. The van der Waals surface area contributed by atoms with Gasteiger partial charge in [0.25, 0.3) is 0 Å². The standard InChI is InChI=1S/C20H22ClNO3/c1-5-25-18-12-15(11-16(21)20(18)24-4)8-9-19(23)22-17-10-13(2)6-7-14(17)3/h6-12H,5H2,1-4H3,(H,22,23)/b9-8+. The molecule has 2 aromatic carbocycles. The van der Waals surface area contributed by atoms with Gasteiger partial charge in [0, 0.05) is 11.8 Å². The maximum absolute atomic E-state index is 12.2. The lowest BCUT2D eigenvalue weighted by molar-refractivity contribution is -0.111. The third kappa shape index (κ3) is 5.00. The van der Waals surface area contributed by atoms with Gasteiger partial charge in [-0.25, -0.2) is 0 Å². The number of hydrogen-bond donors (Lipinski definition) is 1. The normalized spacial score (nSPS) is 10.8. The summed E-state index contributed by atoms with van der Waals surface area (Å²) in [6, 6.07) is 9.45. The van der Waals surface area contributed by atoms with E-state index in [0.29, 0.717) is 23.1 Å². The van der Waals surface area contributed by atoms with E-state index < -0.39 is 0 Å². The first-order valence-electron chi connectivity index (χ1n) is 8.01. The summed E-state index contributed by atoms with van der Waals surface area (Å²) in [7, 11) is 1.54. The van der Waals surface area contributed by atoms with Gasteiger partial charge in [-0.15, -0.1) is 0 Å². The van der Waals surface area contributed by atoms with Gasteiger partial charge in [-0.3, -0.25) is 4.79 Å². The second-order valence-electron chi connectivity index (χ2n) is 5.61. The van der Waals surface area contributed by atoms with Crippen molar-refractivity contribution in [3.63, 3.8) is 0 Å². The molecule has 0 spiro atoms. The minimum Gasteiger partial charge on any atom is -0.491 e. The molecule has 4 nitrogen and oxygen atoms in total. The van der Waals surface area contributed by atoms with Gasteiger partial charge in [-0.05, 0) is 61.7 Å². The summed E-state index contributed by atoms with van der Waals surface area (Å²) in [6.45, 7) is 6.32. The van der Waals surface area contributed by atoms with Crippen LogP contribution in [0.4, 0.5) is 5.69 Å². The van der Waals surface area contributed by atoms with Crippen LogP contribution in [0, 0.1) is 13.8 Å². The number of anilines is 1. The minimum atomic E-state index is -0.210. The Labute approximate surface area is 153 Å². The summed E-state index contributed by atoms with van der Waals surface area (Å²) < 4.78 is 10.8. The molecule has 0 aliphatic carbocycles. The van der Waals surface area contributed by atoms with E-state index in [9.17, 15) is 4.79 Å². The topological polar surface area (TPSA) is 47.6 Å². The molecule has 0 unspecified atom stereocenters. The van der Waals surface area contributed by atoms with Crippen LogP contribution >= 0.6 is 11.6 Å². The van der Waals surface area contributed by atoms with Crippen molar-refractivity contribution >= 4 is 29.3 Å². The van der Waals surface area contributed by atoms with Crippen molar-refractivity contribution in [2.75, 3.05) is 19.0 Å². The SMILES string of the molecule is CCOc1cc(/C=C/C(=O)Nc2cc(C)ccc2C)cc(Cl)c1OC. The van der Waals surface area contributed by atoms with Crippen molar-refractivity contribution in [2.24, 2.45) is 0 Å². The van der Waals surface area contributed by atoms with E-state index in [4.69, 9.17) is 21.1 Å². The van der Waals surface area contributed by atoms with Gasteiger partial charge in [-0.2, -0.15) is 0 Å². The van der Waals surface area contributed by atoms with Gasteiger partial charge in [0.2, 0.25) is 5.91 Å². The summed E-state index contributed by atoms with van der Waals surface area (Å²) >= 11 is 6.21. The van der Waals surface area contributed by atoms with E-state index in [1.54, 1.807) is 18.2 Å². The number of rotatable bonds is 6. The predicted molar refractivity (Wildman–Crippen MR) is 103 cm³/mol. The third-order valence-corrected chi connectivity index (χ3v) is 3.89. The number of aryl methyl sites for hydroxylation is 2. The van der Waals surface area contributed by atoms with Gasteiger partial charge < -0.3 is 14.8 Å². The average molecular weight is 360 g/mol. The van der Waals surface area contributed by atoms with E-state index in [2.05, 4.69) is 5.32 Å². The summed E-state index contributed by atoms with van der Waals surface area (Å²) in [5, 5.41) is 3.32. The molecule has 0 radical (unpaired) electrons. The van der Waals surface area contributed by atoms with Gasteiger partial charge in [-0.1, -0.05) is 23.7 Å². The molecule has 0 fully saturated rings. The molecule has 25 heavy (non-hydrogen) atoms. The number of carbonyl (C=O) groups is 1. The number of benzene rings is 2. The number of amides is 1. The van der Waals surface area contributed by atoms with Crippen molar-refractivity contribution in [1.82, 2.24) is 0 Å². The maximum Gasteiger partial charge on any atom is 0.248 e. The zero-order chi connectivity index (χ0) is 18.4. The molecular formula is C20H22ClNO3. The lowest BCUT2D eigenvalue weighted by atomic mass is 10.1. The Morgan fingerprint density at radius 1 is 1.24 bits per heavy atom. The van der Waals surface area contributed by atoms with Crippen LogP contribution in [0.2, 0.25) is 5.02 Å². The van der Waals surface area contributed by atoms with Crippen molar-refractivity contribution in [2.45, 2.75) is 20.8 Å². The van der Waals surface area contributed by atoms with Crippen LogP contribution in [0.3, 0.4) is 0 Å². The van der Waals surface area contributed by atoms with Gasteiger partial charge in [0.15, 0.2) is 11.5 Å². The highest BCUT2D eigenvalue weighted by Crippen LogP contribution is 2.36. The van der Waals surface area contributed by atoms with Crippen LogP contribution in [-0.2, 0) is 4.79 Å². The highest BCUT2D eigenvalue weighted by molar-refractivity contribution is 6.32. The quantitative estimate of drug-likeness (QED) is 0.737. The lowest BCUT2D eigenvalue weighted by Crippen LogP contribution is -2.09. The van der Waals surface area contributed by atoms with Gasteiger partial charge in [0.05, 0.1) is 18.7 Å². The van der Waals surface area contributed by atoms with E-state index in [1.165, 1.54) is 13.2 Å². The minimum absolute atomic E-state index is 0.210. The van der Waals surface area contributed by atoms with Crippen LogP contribution < -0.4 is 14.8 Å². The van der Waals surface area contributed by atoms with Crippen LogP contribution in [0.5, 0.6) is 11.5 Å². The maximum atomic E-state index is 12.2. The first-order chi connectivity index (χ1) is 11.9. The summed E-state index contributed by atoms with van der Waals surface area (Å²) in [4.78, 5) is 12.2. The molecule has 1 N–H and O–H groups in total. The van der Waals surface area contributed by atoms with Crippen LogP contribution in [-0.4, -0.2) is 19.6 Å². The largest absolute Gasteiger partial charge is 0.491 e. The smallest absolute Gasteiger partial charge is 0.248 e. The highest BCUT2D eigenvalue weighted by Gasteiger charge is 2.10. The van der Waals surface area contributed by atoms with Gasteiger partial charge in [0.1, 0.15) is 0 Å².